The lowest BCUT2D eigenvalue weighted by Gasteiger charge is -2.14. The van der Waals surface area contributed by atoms with Crippen molar-refractivity contribution in [2.75, 3.05) is 12.4 Å². The smallest absolute Gasteiger partial charge is 0.216 e. The monoisotopic (exact) mass is 381 g/mol. The first-order valence-electron chi connectivity index (χ1n) is 8.59. The van der Waals surface area contributed by atoms with Crippen molar-refractivity contribution in [3.05, 3.63) is 71.8 Å². The van der Waals surface area contributed by atoms with Gasteiger partial charge in [-0.05, 0) is 42.8 Å². The molecule has 0 amide bonds. The summed E-state index contributed by atoms with van der Waals surface area (Å²) in [5.74, 6) is 0.253. The second kappa shape index (κ2) is 7.22. The van der Waals surface area contributed by atoms with Crippen LogP contribution in [0.25, 0.3) is 16.8 Å². The molecule has 8 heteroatoms. The summed E-state index contributed by atoms with van der Waals surface area (Å²) < 4.78 is 35.0. The molecule has 0 saturated heterocycles. The van der Waals surface area contributed by atoms with Crippen LogP contribution in [0.2, 0.25) is 0 Å². The van der Waals surface area contributed by atoms with Crippen LogP contribution in [0.15, 0.2) is 48.9 Å². The number of hydrogen-bond donors (Lipinski definition) is 1. The Hall–Kier alpha value is -3.55. The Kier molecular flexibility index (Phi) is 4.60. The molecule has 1 N–H and O–H groups in total. The van der Waals surface area contributed by atoms with Crippen LogP contribution in [0.5, 0.6) is 5.75 Å². The average Bonchev–Trinajstić information content (AvgIpc) is 3.19. The lowest BCUT2D eigenvalue weighted by molar-refractivity contribution is 0.405. The van der Waals surface area contributed by atoms with E-state index < -0.39 is 5.95 Å². The number of methoxy groups -OCH3 is 1. The number of pyridine rings is 2. The number of aromatic nitrogens is 4. The molecular weight excluding hydrogens is 364 g/mol. The molecule has 0 aliphatic carbocycles. The van der Waals surface area contributed by atoms with Gasteiger partial charge < -0.3 is 10.1 Å². The third-order valence-electron chi connectivity index (χ3n) is 4.63. The van der Waals surface area contributed by atoms with Crippen molar-refractivity contribution in [2.24, 2.45) is 0 Å². The average molecular weight is 381 g/mol. The van der Waals surface area contributed by atoms with Crippen molar-refractivity contribution in [3.8, 4) is 16.9 Å². The minimum atomic E-state index is -0.524. The lowest BCUT2D eigenvalue weighted by Crippen LogP contribution is -2.07. The van der Waals surface area contributed by atoms with Gasteiger partial charge in [0.15, 0.2) is 5.65 Å². The SMILES string of the molecule is COc1cccc(F)c1CNc1ccc(-c2ccnc(F)c2C)c2nncn12. The maximum absolute atomic E-state index is 14.2. The van der Waals surface area contributed by atoms with Crippen molar-refractivity contribution in [1.82, 2.24) is 19.6 Å². The molecule has 6 nitrogen and oxygen atoms in total. The highest BCUT2D eigenvalue weighted by Gasteiger charge is 2.15. The van der Waals surface area contributed by atoms with E-state index >= 15 is 0 Å². The second-order valence-corrected chi connectivity index (χ2v) is 6.21. The Labute approximate surface area is 159 Å². The molecule has 142 valence electrons. The van der Waals surface area contributed by atoms with E-state index in [9.17, 15) is 8.78 Å². The molecule has 3 heterocycles. The van der Waals surface area contributed by atoms with E-state index in [0.717, 1.165) is 5.56 Å². The van der Waals surface area contributed by atoms with Gasteiger partial charge in [-0.2, -0.15) is 4.39 Å². The molecule has 0 aliphatic heterocycles. The predicted molar refractivity (Wildman–Crippen MR) is 101 cm³/mol. The van der Waals surface area contributed by atoms with E-state index in [4.69, 9.17) is 4.74 Å². The molecule has 3 aromatic heterocycles. The topological polar surface area (TPSA) is 64.3 Å². The zero-order valence-electron chi connectivity index (χ0n) is 15.3. The van der Waals surface area contributed by atoms with Crippen LogP contribution in [-0.4, -0.2) is 26.7 Å². The number of benzene rings is 1. The van der Waals surface area contributed by atoms with E-state index in [1.165, 1.54) is 19.4 Å². The molecule has 0 bridgehead atoms. The number of anilines is 1. The number of hydrogen-bond acceptors (Lipinski definition) is 5. The number of halogens is 2. The molecule has 0 spiro atoms. The van der Waals surface area contributed by atoms with Gasteiger partial charge in [-0.25, -0.2) is 9.37 Å². The zero-order chi connectivity index (χ0) is 19.7. The summed E-state index contributed by atoms with van der Waals surface area (Å²) >= 11 is 0. The Morgan fingerprint density at radius 3 is 2.79 bits per heavy atom. The maximum atomic E-state index is 14.2. The molecule has 0 aliphatic rings. The molecule has 1 aromatic carbocycles. The zero-order valence-corrected chi connectivity index (χ0v) is 15.3. The fraction of sp³-hybridized carbons (Fsp3) is 0.150. The summed E-state index contributed by atoms with van der Waals surface area (Å²) in [6.45, 7) is 1.88. The molecule has 4 rings (SSSR count). The summed E-state index contributed by atoms with van der Waals surface area (Å²) in [5, 5.41) is 11.3. The first-order valence-corrected chi connectivity index (χ1v) is 8.59. The largest absolute Gasteiger partial charge is 0.496 e. The fourth-order valence-electron chi connectivity index (χ4n) is 3.15. The van der Waals surface area contributed by atoms with Crippen molar-refractivity contribution in [3.63, 3.8) is 0 Å². The standard InChI is InChI=1S/C20H17F2N5O/c1-12-13(8-9-23-19(12)22)14-6-7-18(27-11-25-26-20(14)27)24-10-15-16(21)4-3-5-17(15)28-2/h3-9,11,24H,10H2,1-2H3. The normalized spacial score (nSPS) is 11.0. The van der Waals surface area contributed by atoms with Crippen molar-refractivity contribution in [1.29, 1.82) is 0 Å². The third-order valence-corrected chi connectivity index (χ3v) is 4.63. The van der Waals surface area contributed by atoms with Crippen LogP contribution in [0.3, 0.4) is 0 Å². The van der Waals surface area contributed by atoms with Crippen LogP contribution >= 0.6 is 0 Å². The number of nitrogens with one attached hydrogen (secondary N) is 1. The van der Waals surface area contributed by atoms with E-state index in [-0.39, 0.29) is 12.4 Å². The third kappa shape index (κ3) is 3.02. The Bertz CT molecular complexity index is 1160. The van der Waals surface area contributed by atoms with Gasteiger partial charge in [0.25, 0.3) is 0 Å². The van der Waals surface area contributed by atoms with Gasteiger partial charge in [-0.3, -0.25) is 4.40 Å². The molecular formula is C20H17F2N5O. The highest BCUT2D eigenvalue weighted by molar-refractivity contribution is 5.80. The van der Waals surface area contributed by atoms with Crippen molar-refractivity contribution in [2.45, 2.75) is 13.5 Å². The Balaban J connectivity index is 1.72. The molecule has 0 radical (unpaired) electrons. The Morgan fingerprint density at radius 1 is 1.11 bits per heavy atom. The lowest BCUT2D eigenvalue weighted by atomic mass is 10.0. The van der Waals surface area contributed by atoms with Crippen LogP contribution in [-0.2, 0) is 6.54 Å². The summed E-state index contributed by atoms with van der Waals surface area (Å²) in [6, 6.07) is 10.1. The first-order chi connectivity index (χ1) is 13.6. The molecule has 0 saturated carbocycles. The summed E-state index contributed by atoms with van der Waals surface area (Å²) in [5.41, 5.74) is 2.82. The van der Waals surface area contributed by atoms with Gasteiger partial charge in [0.1, 0.15) is 23.7 Å². The number of nitrogens with zero attached hydrogens (tertiary/aromatic N) is 4. The minimum absolute atomic E-state index is 0.214. The highest BCUT2D eigenvalue weighted by Crippen LogP contribution is 2.30. The van der Waals surface area contributed by atoms with E-state index in [1.807, 2.05) is 12.1 Å². The van der Waals surface area contributed by atoms with E-state index in [0.29, 0.717) is 33.9 Å². The molecule has 0 fully saturated rings. The van der Waals surface area contributed by atoms with E-state index in [1.54, 1.807) is 35.9 Å². The van der Waals surface area contributed by atoms with Crippen molar-refractivity contribution < 1.29 is 13.5 Å². The summed E-state index contributed by atoms with van der Waals surface area (Å²) in [6.07, 6.45) is 2.97. The van der Waals surface area contributed by atoms with Crippen molar-refractivity contribution >= 4 is 11.5 Å². The highest BCUT2D eigenvalue weighted by atomic mass is 19.1. The van der Waals surface area contributed by atoms with Gasteiger partial charge in [-0.15, -0.1) is 10.2 Å². The molecule has 28 heavy (non-hydrogen) atoms. The number of fused-ring (bicyclic) bond motifs is 1. The van der Waals surface area contributed by atoms with Crippen LogP contribution < -0.4 is 10.1 Å². The molecule has 0 atom stereocenters. The fourth-order valence-corrected chi connectivity index (χ4v) is 3.15. The van der Waals surface area contributed by atoms with Crippen LogP contribution in [0, 0.1) is 18.7 Å². The minimum Gasteiger partial charge on any atom is -0.496 e. The number of rotatable bonds is 5. The van der Waals surface area contributed by atoms with Gasteiger partial charge in [0.05, 0.1) is 7.11 Å². The van der Waals surface area contributed by atoms with Crippen LogP contribution in [0.1, 0.15) is 11.1 Å². The van der Waals surface area contributed by atoms with E-state index in [2.05, 4.69) is 20.5 Å². The quantitative estimate of drug-likeness (QED) is 0.530. The second-order valence-electron chi connectivity index (χ2n) is 6.21. The predicted octanol–water partition coefficient (Wildman–Crippen LogP) is 4.00. The van der Waals surface area contributed by atoms with Crippen LogP contribution in [0.4, 0.5) is 14.6 Å². The summed E-state index contributed by atoms with van der Waals surface area (Å²) in [4.78, 5) is 3.67. The summed E-state index contributed by atoms with van der Waals surface area (Å²) in [7, 11) is 1.50. The van der Waals surface area contributed by atoms with Gasteiger partial charge >= 0.3 is 0 Å². The maximum Gasteiger partial charge on any atom is 0.216 e. The van der Waals surface area contributed by atoms with Gasteiger partial charge in [0, 0.05) is 29.4 Å². The molecule has 4 aromatic rings. The van der Waals surface area contributed by atoms with Gasteiger partial charge in [0.2, 0.25) is 5.95 Å². The number of ether oxygens (including phenoxy) is 1. The van der Waals surface area contributed by atoms with Gasteiger partial charge in [-0.1, -0.05) is 6.07 Å². The Morgan fingerprint density at radius 2 is 1.96 bits per heavy atom. The first kappa shape index (κ1) is 17.8. The molecule has 0 unspecified atom stereocenters.